The van der Waals surface area contributed by atoms with Gasteiger partial charge in [-0.1, -0.05) is 6.07 Å². The van der Waals surface area contributed by atoms with Gasteiger partial charge < -0.3 is 21.5 Å². The number of carbonyl (C=O) groups excluding carboxylic acids is 2. The van der Waals surface area contributed by atoms with Gasteiger partial charge in [0, 0.05) is 12.0 Å². The van der Waals surface area contributed by atoms with E-state index in [1.54, 1.807) is 0 Å². The number of benzene rings is 1. The van der Waals surface area contributed by atoms with E-state index in [1.807, 2.05) is 0 Å². The average molecular weight is 541 g/mol. The standard InChI is InChI=1S/C22H16F5N5O4S/c23-12-3-1-2-10(22(25,26)27)16(12)32-9-4-13(24)14(29-6-9)7-31-20(36)21(19(28)35)5-11(21)17-30-8-15(37-17)18(33)34/h1-4,6,8,11,32H,5,7H2,(H2,28,35)(H,31,36)(H,33,34). The number of aromatic carboxylic acids is 1. The van der Waals surface area contributed by atoms with Crippen LogP contribution >= 0.6 is 11.3 Å². The van der Waals surface area contributed by atoms with Crippen molar-refractivity contribution in [2.24, 2.45) is 11.1 Å². The Hall–Kier alpha value is -4.14. The van der Waals surface area contributed by atoms with Gasteiger partial charge in [-0.25, -0.2) is 18.6 Å². The highest BCUT2D eigenvalue weighted by atomic mass is 32.1. The maximum Gasteiger partial charge on any atom is 0.418 e. The van der Waals surface area contributed by atoms with E-state index >= 15 is 0 Å². The summed E-state index contributed by atoms with van der Waals surface area (Å²) in [6, 6.07) is 3.12. The molecule has 194 valence electrons. The third-order valence-corrected chi connectivity index (χ3v) is 6.86. The molecule has 0 aliphatic heterocycles. The Bertz CT molecular complexity index is 1410. The molecule has 1 aromatic carbocycles. The fourth-order valence-electron chi connectivity index (χ4n) is 3.76. The number of thiazole rings is 1. The molecule has 2 aromatic heterocycles. The monoisotopic (exact) mass is 541 g/mol. The minimum absolute atomic E-state index is 0.0241. The number of nitrogens with one attached hydrogen (secondary N) is 2. The van der Waals surface area contributed by atoms with Crippen LogP contribution in [-0.2, 0) is 22.3 Å². The number of aromatic nitrogens is 2. The number of para-hydroxylation sites is 1. The Morgan fingerprint density at radius 1 is 1.16 bits per heavy atom. The summed E-state index contributed by atoms with van der Waals surface area (Å²) in [5, 5.41) is 13.8. The summed E-state index contributed by atoms with van der Waals surface area (Å²) in [5.74, 6) is -6.03. The van der Waals surface area contributed by atoms with E-state index in [4.69, 9.17) is 10.8 Å². The molecule has 2 amide bonds. The SMILES string of the molecule is NC(=O)C1(C(=O)NCc2ncc(Nc3c(F)cccc3C(F)(F)F)cc2F)CC1c1ncc(C(=O)O)s1. The third-order valence-electron chi connectivity index (χ3n) is 5.76. The van der Waals surface area contributed by atoms with Crippen LogP contribution in [0.5, 0.6) is 0 Å². The highest BCUT2D eigenvalue weighted by Crippen LogP contribution is 2.60. The average Bonchev–Trinajstić information content (AvgIpc) is 3.39. The van der Waals surface area contributed by atoms with Crippen LogP contribution in [0.4, 0.5) is 33.3 Å². The Morgan fingerprint density at radius 2 is 1.89 bits per heavy atom. The number of amides is 2. The predicted octanol–water partition coefficient (Wildman–Crippen LogP) is 3.55. The van der Waals surface area contributed by atoms with Gasteiger partial charge in [0.1, 0.15) is 21.9 Å². The lowest BCUT2D eigenvalue weighted by molar-refractivity contribution is -0.137. The fourth-order valence-corrected chi connectivity index (χ4v) is 4.71. The highest BCUT2D eigenvalue weighted by Gasteiger charge is 2.66. The van der Waals surface area contributed by atoms with Crippen molar-refractivity contribution in [2.45, 2.75) is 25.1 Å². The van der Waals surface area contributed by atoms with Gasteiger partial charge in [-0.05, 0) is 18.6 Å². The first-order valence-corrected chi connectivity index (χ1v) is 11.2. The Balaban J connectivity index is 1.47. The van der Waals surface area contributed by atoms with Gasteiger partial charge in [0.15, 0.2) is 0 Å². The number of hydrogen-bond acceptors (Lipinski definition) is 7. The van der Waals surface area contributed by atoms with Crippen molar-refractivity contribution in [1.82, 2.24) is 15.3 Å². The number of carboxylic acids is 1. The number of halogens is 5. The van der Waals surface area contributed by atoms with Crippen LogP contribution < -0.4 is 16.4 Å². The zero-order chi connectivity index (χ0) is 27.1. The molecule has 1 aliphatic rings. The molecule has 1 saturated carbocycles. The van der Waals surface area contributed by atoms with Gasteiger partial charge in [0.25, 0.3) is 0 Å². The molecule has 2 unspecified atom stereocenters. The van der Waals surface area contributed by atoms with Crippen molar-refractivity contribution in [2.75, 3.05) is 5.32 Å². The molecule has 2 heterocycles. The third kappa shape index (κ3) is 4.94. The summed E-state index contributed by atoms with van der Waals surface area (Å²) in [6.07, 6.45) is -2.85. The molecule has 5 N–H and O–H groups in total. The van der Waals surface area contributed by atoms with Crippen molar-refractivity contribution in [3.8, 4) is 0 Å². The topological polar surface area (TPSA) is 147 Å². The number of anilines is 2. The van der Waals surface area contributed by atoms with Crippen molar-refractivity contribution in [1.29, 1.82) is 0 Å². The molecule has 1 fully saturated rings. The second kappa shape index (κ2) is 9.38. The lowest BCUT2D eigenvalue weighted by Gasteiger charge is -2.16. The summed E-state index contributed by atoms with van der Waals surface area (Å²) >= 11 is 0.796. The van der Waals surface area contributed by atoms with Gasteiger partial charge in [-0.3, -0.25) is 14.6 Å². The van der Waals surface area contributed by atoms with Gasteiger partial charge in [0.2, 0.25) is 11.8 Å². The number of carboxylic acid groups (broad SMARTS) is 1. The molecular weight excluding hydrogens is 525 g/mol. The molecule has 2 atom stereocenters. The first-order valence-electron chi connectivity index (χ1n) is 10.4. The summed E-state index contributed by atoms with van der Waals surface area (Å²) in [4.78, 5) is 43.6. The fraction of sp³-hybridized carbons (Fsp3) is 0.227. The molecule has 0 bridgehead atoms. The van der Waals surface area contributed by atoms with Crippen molar-refractivity contribution >= 4 is 40.5 Å². The molecule has 4 rings (SSSR count). The predicted molar refractivity (Wildman–Crippen MR) is 119 cm³/mol. The summed E-state index contributed by atoms with van der Waals surface area (Å²) < 4.78 is 68.2. The van der Waals surface area contributed by atoms with Crippen LogP contribution in [0.2, 0.25) is 0 Å². The van der Waals surface area contributed by atoms with Crippen molar-refractivity contribution in [3.05, 3.63) is 69.4 Å². The Kier molecular flexibility index (Phi) is 6.58. The Labute approximate surface area is 208 Å². The maximum absolute atomic E-state index is 14.6. The number of pyridine rings is 1. The second-order valence-electron chi connectivity index (χ2n) is 8.08. The van der Waals surface area contributed by atoms with Crippen LogP contribution in [-0.4, -0.2) is 32.9 Å². The molecule has 0 saturated heterocycles. The first-order chi connectivity index (χ1) is 17.3. The highest BCUT2D eigenvalue weighted by molar-refractivity contribution is 7.13. The van der Waals surface area contributed by atoms with E-state index in [1.165, 1.54) is 0 Å². The summed E-state index contributed by atoms with van der Waals surface area (Å²) in [5.41, 5.74) is 0.921. The van der Waals surface area contributed by atoms with E-state index in [-0.39, 0.29) is 27.7 Å². The van der Waals surface area contributed by atoms with Crippen LogP contribution in [0.3, 0.4) is 0 Å². The van der Waals surface area contributed by atoms with Gasteiger partial charge >= 0.3 is 12.1 Å². The van der Waals surface area contributed by atoms with Crippen LogP contribution in [0, 0.1) is 17.0 Å². The lowest BCUT2D eigenvalue weighted by atomic mass is 10.0. The van der Waals surface area contributed by atoms with Gasteiger partial charge in [0.05, 0.1) is 46.6 Å². The van der Waals surface area contributed by atoms with Crippen LogP contribution in [0.15, 0.2) is 36.7 Å². The van der Waals surface area contributed by atoms with Crippen molar-refractivity contribution in [3.63, 3.8) is 0 Å². The molecule has 0 radical (unpaired) electrons. The van der Waals surface area contributed by atoms with E-state index in [9.17, 15) is 36.3 Å². The number of alkyl halides is 3. The zero-order valence-electron chi connectivity index (χ0n) is 18.4. The van der Waals surface area contributed by atoms with E-state index in [0.717, 1.165) is 41.9 Å². The molecule has 37 heavy (non-hydrogen) atoms. The van der Waals surface area contributed by atoms with E-state index < -0.39 is 64.7 Å². The minimum atomic E-state index is -4.87. The minimum Gasteiger partial charge on any atom is -0.477 e. The largest absolute Gasteiger partial charge is 0.477 e. The number of primary amides is 1. The van der Waals surface area contributed by atoms with Gasteiger partial charge in [-0.15, -0.1) is 11.3 Å². The molecular formula is C22H16F5N5O4S. The smallest absolute Gasteiger partial charge is 0.418 e. The van der Waals surface area contributed by atoms with Crippen LogP contribution in [0.25, 0.3) is 0 Å². The van der Waals surface area contributed by atoms with Crippen molar-refractivity contribution < 1.29 is 41.4 Å². The number of hydrogen-bond donors (Lipinski definition) is 4. The quantitative estimate of drug-likeness (QED) is 0.252. The summed E-state index contributed by atoms with van der Waals surface area (Å²) in [7, 11) is 0. The molecule has 1 aliphatic carbocycles. The molecule has 0 spiro atoms. The number of nitrogens with two attached hydrogens (primary N) is 1. The molecule has 9 nitrogen and oxygen atoms in total. The molecule has 3 aromatic rings. The number of nitrogens with zero attached hydrogens (tertiary/aromatic N) is 2. The normalized spacial score (nSPS) is 18.8. The molecule has 15 heteroatoms. The number of carbonyl (C=O) groups is 3. The second-order valence-corrected chi connectivity index (χ2v) is 9.14. The van der Waals surface area contributed by atoms with E-state index in [0.29, 0.717) is 6.07 Å². The zero-order valence-corrected chi connectivity index (χ0v) is 19.2. The lowest BCUT2D eigenvalue weighted by Crippen LogP contribution is -2.41. The Morgan fingerprint density at radius 3 is 2.49 bits per heavy atom. The number of rotatable bonds is 8. The summed E-state index contributed by atoms with van der Waals surface area (Å²) in [6.45, 7) is -0.502. The van der Waals surface area contributed by atoms with Crippen LogP contribution in [0.1, 0.15) is 38.3 Å². The van der Waals surface area contributed by atoms with E-state index in [2.05, 4.69) is 20.6 Å². The first kappa shape index (κ1) is 25.9. The maximum atomic E-state index is 14.6. The van der Waals surface area contributed by atoms with Gasteiger partial charge in [-0.2, -0.15) is 13.2 Å².